The number of rotatable bonds is 6. The first kappa shape index (κ1) is 13.2. The predicted molar refractivity (Wildman–Crippen MR) is 70.7 cm³/mol. The number of hydrogen-bond acceptors (Lipinski definition) is 2. The summed E-state index contributed by atoms with van der Waals surface area (Å²) in [6, 6.07) is 7.86. The Labute approximate surface area is 103 Å². The fourth-order valence-electron chi connectivity index (χ4n) is 1.22. The number of hydrogen-bond donors (Lipinski definition) is 0. The summed E-state index contributed by atoms with van der Waals surface area (Å²) in [4.78, 5) is 0. The van der Waals surface area contributed by atoms with Crippen LogP contribution in [0.2, 0.25) is 0 Å². The van der Waals surface area contributed by atoms with E-state index in [9.17, 15) is 0 Å². The summed E-state index contributed by atoms with van der Waals surface area (Å²) in [5.74, 6) is 3.81. The van der Waals surface area contributed by atoms with Crippen LogP contribution in [-0.4, -0.2) is 13.2 Å². The van der Waals surface area contributed by atoms with E-state index in [0.29, 0.717) is 13.2 Å². The van der Waals surface area contributed by atoms with Crippen molar-refractivity contribution in [1.82, 2.24) is 0 Å². The van der Waals surface area contributed by atoms with Gasteiger partial charge in [-0.05, 0) is 31.0 Å². The molecule has 0 unspecified atom stereocenters. The van der Waals surface area contributed by atoms with E-state index in [2.05, 4.69) is 18.6 Å². The first-order valence-electron chi connectivity index (χ1n) is 5.81. The molecule has 0 fully saturated rings. The van der Waals surface area contributed by atoms with Crippen molar-refractivity contribution < 1.29 is 9.47 Å². The van der Waals surface area contributed by atoms with Crippen LogP contribution in [-0.2, 0) is 4.74 Å². The summed E-state index contributed by atoms with van der Waals surface area (Å²) in [7, 11) is 0. The van der Waals surface area contributed by atoms with Crippen molar-refractivity contribution in [3.63, 3.8) is 0 Å². The molecule has 1 aromatic carbocycles. The molecule has 2 heteroatoms. The van der Waals surface area contributed by atoms with Crippen molar-refractivity contribution in [2.45, 2.75) is 19.8 Å². The lowest BCUT2D eigenvalue weighted by Crippen LogP contribution is -1.96. The minimum Gasteiger partial charge on any atom is -0.494 e. The van der Waals surface area contributed by atoms with Crippen molar-refractivity contribution in [1.29, 1.82) is 0 Å². The van der Waals surface area contributed by atoms with Crippen LogP contribution in [0.1, 0.15) is 25.3 Å². The molecule has 1 rings (SSSR count). The van der Waals surface area contributed by atoms with Crippen molar-refractivity contribution in [3.8, 4) is 17.8 Å². The van der Waals surface area contributed by atoms with Crippen LogP contribution in [0, 0.1) is 12.0 Å². The Kier molecular flexibility index (Phi) is 6.43. The van der Waals surface area contributed by atoms with Gasteiger partial charge in [0.1, 0.15) is 11.9 Å². The van der Waals surface area contributed by atoms with E-state index in [-0.39, 0.29) is 0 Å². The Hall–Kier alpha value is -1.88. The first-order valence-corrected chi connectivity index (χ1v) is 5.81. The molecule has 2 nitrogen and oxygen atoms in total. The second-order valence-electron chi connectivity index (χ2n) is 3.44. The quantitative estimate of drug-likeness (QED) is 0.550. The SMILES string of the molecule is C=Cc1ccc(OCCCC#COCC)cc1. The van der Waals surface area contributed by atoms with E-state index in [1.54, 1.807) is 0 Å². The predicted octanol–water partition coefficient (Wildman–Crippen LogP) is 3.49. The summed E-state index contributed by atoms with van der Waals surface area (Å²) in [6.07, 6.45) is 6.15. The van der Waals surface area contributed by atoms with Gasteiger partial charge in [-0.1, -0.05) is 30.7 Å². The zero-order valence-corrected chi connectivity index (χ0v) is 10.2. The fourth-order valence-corrected chi connectivity index (χ4v) is 1.22. The van der Waals surface area contributed by atoms with Crippen molar-refractivity contribution in [3.05, 3.63) is 36.4 Å². The van der Waals surface area contributed by atoms with Crippen LogP contribution >= 0.6 is 0 Å². The van der Waals surface area contributed by atoms with E-state index >= 15 is 0 Å². The van der Waals surface area contributed by atoms with Crippen molar-refractivity contribution in [2.75, 3.05) is 13.2 Å². The molecule has 0 saturated carbocycles. The standard InChI is InChI=1S/C15H18O2/c1-3-14-8-10-15(11-9-14)17-13-7-5-6-12-16-4-2/h3,8-11H,1,4-5,7,13H2,2H3. The zero-order chi connectivity index (χ0) is 12.3. The summed E-state index contributed by atoms with van der Waals surface area (Å²) in [6.45, 7) is 6.94. The highest BCUT2D eigenvalue weighted by Gasteiger charge is 1.92. The molecule has 0 aliphatic rings. The average Bonchev–Trinajstić information content (AvgIpc) is 2.38. The molecule has 0 heterocycles. The third kappa shape index (κ3) is 5.67. The maximum absolute atomic E-state index is 5.57. The molecule has 0 amide bonds. The number of ether oxygens (including phenoxy) is 2. The van der Waals surface area contributed by atoms with Crippen LogP contribution in [0.4, 0.5) is 0 Å². The van der Waals surface area contributed by atoms with Gasteiger partial charge in [-0.15, -0.1) is 0 Å². The van der Waals surface area contributed by atoms with Gasteiger partial charge in [0.05, 0.1) is 13.2 Å². The van der Waals surface area contributed by atoms with Gasteiger partial charge < -0.3 is 9.47 Å². The van der Waals surface area contributed by atoms with Gasteiger partial charge in [0, 0.05) is 6.42 Å². The van der Waals surface area contributed by atoms with Gasteiger partial charge in [0.15, 0.2) is 0 Å². The highest BCUT2D eigenvalue weighted by Crippen LogP contribution is 2.13. The first-order chi connectivity index (χ1) is 8.36. The Morgan fingerprint density at radius 3 is 2.71 bits per heavy atom. The molecule has 0 spiro atoms. The van der Waals surface area contributed by atoms with Gasteiger partial charge in [0.2, 0.25) is 0 Å². The third-order valence-electron chi connectivity index (χ3n) is 2.12. The van der Waals surface area contributed by atoms with Gasteiger partial charge >= 0.3 is 0 Å². The second kappa shape index (κ2) is 8.29. The molecular weight excluding hydrogens is 212 g/mol. The number of unbranched alkanes of at least 4 members (excludes halogenated alkanes) is 1. The molecule has 0 atom stereocenters. The Bertz CT molecular complexity index is 382. The van der Waals surface area contributed by atoms with Gasteiger partial charge in [0.25, 0.3) is 0 Å². The molecule has 0 aromatic heterocycles. The molecule has 0 saturated heterocycles. The molecule has 0 aliphatic carbocycles. The van der Waals surface area contributed by atoms with Crippen LogP contribution in [0.3, 0.4) is 0 Å². The highest BCUT2D eigenvalue weighted by molar-refractivity contribution is 5.48. The largest absolute Gasteiger partial charge is 0.494 e. The molecule has 0 aliphatic heterocycles. The molecule has 17 heavy (non-hydrogen) atoms. The minimum atomic E-state index is 0.638. The molecule has 0 N–H and O–H groups in total. The van der Waals surface area contributed by atoms with Crippen LogP contribution in [0.25, 0.3) is 6.08 Å². The van der Waals surface area contributed by atoms with E-state index in [4.69, 9.17) is 9.47 Å². The lowest BCUT2D eigenvalue weighted by Gasteiger charge is -2.04. The molecule has 0 radical (unpaired) electrons. The lowest BCUT2D eigenvalue weighted by molar-refractivity contribution is 0.297. The fraction of sp³-hybridized carbons (Fsp3) is 0.333. The maximum atomic E-state index is 5.57. The van der Waals surface area contributed by atoms with E-state index in [1.165, 1.54) is 0 Å². The smallest absolute Gasteiger partial charge is 0.119 e. The van der Waals surface area contributed by atoms with Gasteiger partial charge in [-0.3, -0.25) is 0 Å². The summed E-state index contributed by atoms with van der Waals surface area (Å²) < 4.78 is 10.5. The Morgan fingerprint density at radius 1 is 1.29 bits per heavy atom. The summed E-state index contributed by atoms with van der Waals surface area (Å²) in [5, 5.41) is 0. The van der Waals surface area contributed by atoms with E-state index < -0.39 is 0 Å². The molecule has 0 bridgehead atoms. The zero-order valence-electron chi connectivity index (χ0n) is 10.2. The van der Waals surface area contributed by atoms with Crippen LogP contribution < -0.4 is 4.74 Å². The highest BCUT2D eigenvalue weighted by atomic mass is 16.5. The lowest BCUT2D eigenvalue weighted by atomic mass is 10.2. The van der Waals surface area contributed by atoms with Crippen LogP contribution in [0.15, 0.2) is 30.8 Å². The molecule has 90 valence electrons. The average molecular weight is 230 g/mol. The Morgan fingerprint density at radius 2 is 2.06 bits per heavy atom. The number of benzene rings is 1. The maximum Gasteiger partial charge on any atom is 0.119 e. The third-order valence-corrected chi connectivity index (χ3v) is 2.12. The molecular formula is C15H18O2. The summed E-state index contributed by atoms with van der Waals surface area (Å²) >= 11 is 0. The molecule has 1 aromatic rings. The van der Waals surface area contributed by atoms with Crippen molar-refractivity contribution >= 4 is 6.08 Å². The second-order valence-corrected chi connectivity index (χ2v) is 3.44. The summed E-state index contributed by atoms with van der Waals surface area (Å²) in [5.41, 5.74) is 1.10. The van der Waals surface area contributed by atoms with Gasteiger partial charge in [-0.25, -0.2) is 0 Å². The van der Waals surface area contributed by atoms with E-state index in [1.807, 2.05) is 37.3 Å². The topological polar surface area (TPSA) is 18.5 Å². The minimum absolute atomic E-state index is 0.638. The Balaban J connectivity index is 2.18. The normalized spacial score (nSPS) is 9.00. The van der Waals surface area contributed by atoms with Crippen LogP contribution in [0.5, 0.6) is 5.75 Å². The van der Waals surface area contributed by atoms with Gasteiger partial charge in [-0.2, -0.15) is 0 Å². The van der Waals surface area contributed by atoms with E-state index in [0.717, 1.165) is 24.2 Å². The monoisotopic (exact) mass is 230 g/mol. The van der Waals surface area contributed by atoms with Crippen molar-refractivity contribution in [2.24, 2.45) is 0 Å².